The molecule has 4 nitrogen and oxygen atoms in total. The maximum atomic E-state index is 5.14. The third-order valence-electron chi connectivity index (χ3n) is 2.56. The first kappa shape index (κ1) is 12.2. The highest BCUT2D eigenvalue weighted by molar-refractivity contribution is 5.14. The molecule has 0 spiro atoms. The molecule has 1 rings (SSSR count). The molecule has 0 aliphatic rings. The van der Waals surface area contributed by atoms with Crippen LogP contribution in [0.3, 0.4) is 0 Å². The Labute approximate surface area is 91.6 Å². The van der Waals surface area contributed by atoms with E-state index in [2.05, 4.69) is 23.5 Å². The zero-order valence-electron chi connectivity index (χ0n) is 10.1. The van der Waals surface area contributed by atoms with Crippen molar-refractivity contribution in [2.24, 2.45) is 7.05 Å². The van der Waals surface area contributed by atoms with Gasteiger partial charge >= 0.3 is 0 Å². The van der Waals surface area contributed by atoms with Crippen LogP contribution in [0, 0.1) is 6.92 Å². The standard InChI is InChI=1S/C11H21N3O/c1-5-11(8-15-4)12-6-10-7-14(3)13-9(10)2/h7,11-12H,5-6,8H2,1-4H3. The van der Waals surface area contributed by atoms with Gasteiger partial charge in [0.05, 0.1) is 12.3 Å². The van der Waals surface area contributed by atoms with Crippen LogP contribution in [0.4, 0.5) is 0 Å². The second kappa shape index (κ2) is 5.88. The van der Waals surface area contributed by atoms with Gasteiger partial charge in [0.15, 0.2) is 0 Å². The van der Waals surface area contributed by atoms with Gasteiger partial charge in [-0.3, -0.25) is 4.68 Å². The fourth-order valence-electron chi connectivity index (χ4n) is 1.60. The van der Waals surface area contributed by atoms with Crippen LogP contribution in [0.15, 0.2) is 6.20 Å². The Balaban J connectivity index is 2.44. The van der Waals surface area contributed by atoms with E-state index in [1.807, 2.05) is 18.7 Å². The maximum absolute atomic E-state index is 5.14. The fraction of sp³-hybridized carbons (Fsp3) is 0.727. The molecule has 0 aliphatic carbocycles. The van der Waals surface area contributed by atoms with Crippen LogP contribution < -0.4 is 5.32 Å². The summed E-state index contributed by atoms with van der Waals surface area (Å²) < 4.78 is 6.99. The lowest BCUT2D eigenvalue weighted by molar-refractivity contribution is 0.164. The second-order valence-electron chi connectivity index (χ2n) is 3.85. The van der Waals surface area contributed by atoms with E-state index < -0.39 is 0 Å². The van der Waals surface area contributed by atoms with Crippen LogP contribution in [-0.2, 0) is 18.3 Å². The van der Waals surface area contributed by atoms with E-state index in [0.29, 0.717) is 6.04 Å². The summed E-state index contributed by atoms with van der Waals surface area (Å²) >= 11 is 0. The predicted octanol–water partition coefficient (Wildman–Crippen LogP) is 1.24. The average Bonchev–Trinajstić information content (AvgIpc) is 2.52. The minimum absolute atomic E-state index is 0.426. The van der Waals surface area contributed by atoms with Gasteiger partial charge in [0.1, 0.15) is 0 Å². The highest BCUT2D eigenvalue weighted by atomic mass is 16.5. The normalized spacial score (nSPS) is 13.1. The molecule has 0 aromatic carbocycles. The lowest BCUT2D eigenvalue weighted by Crippen LogP contribution is -2.32. The molecule has 1 N–H and O–H groups in total. The molecule has 0 bridgehead atoms. The number of hydrogen-bond donors (Lipinski definition) is 1. The molecule has 4 heteroatoms. The van der Waals surface area contributed by atoms with E-state index in [1.165, 1.54) is 5.56 Å². The van der Waals surface area contributed by atoms with Crippen molar-refractivity contribution < 1.29 is 4.74 Å². The summed E-state index contributed by atoms with van der Waals surface area (Å²) in [6.07, 6.45) is 3.13. The van der Waals surface area contributed by atoms with Gasteiger partial charge in [-0.25, -0.2) is 0 Å². The quantitative estimate of drug-likeness (QED) is 0.769. The van der Waals surface area contributed by atoms with Gasteiger partial charge in [0, 0.05) is 38.5 Å². The molecule has 86 valence electrons. The van der Waals surface area contributed by atoms with Gasteiger partial charge in [-0.1, -0.05) is 6.92 Å². The molecule has 1 unspecified atom stereocenters. The van der Waals surface area contributed by atoms with Crippen LogP contribution in [-0.4, -0.2) is 29.5 Å². The minimum Gasteiger partial charge on any atom is -0.383 e. The van der Waals surface area contributed by atoms with Crippen LogP contribution >= 0.6 is 0 Å². The van der Waals surface area contributed by atoms with Gasteiger partial charge in [0.25, 0.3) is 0 Å². The number of rotatable bonds is 6. The van der Waals surface area contributed by atoms with Crippen molar-refractivity contribution in [1.29, 1.82) is 0 Å². The Kier molecular flexibility index (Phi) is 4.78. The summed E-state index contributed by atoms with van der Waals surface area (Å²) in [4.78, 5) is 0. The van der Waals surface area contributed by atoms with Gasteiger partial charge in [0.2, 0.25) is 0 Å². The summed E-state index contributed by atoms with van der Waals surface area (Å²) in [5, 5.41) is 7.77. The van der Waals surface area contributed by atoms with E-state index in [9.17, 15) is 0 Å². The van der Waals surface area contributed by atoms with Crippen molar-refractivity contribution in [3.63, 3.8) is 0 Å². The molecule has 0 fully saturated rings. The predicted molar refractivity (Wildman–Crippen MR) is 60.7 cm³/mol. The summed E-state index contributed by atoms with van der Waals surface area (Å²) in [7, 11) is 3.68. The number of nitrogens with one attached hydrogen (secondary N) is 1. The topological polar surface area (TPSA) is 39.1 Å². The molecule has 15 heavy (non-hydrogen) atoms. The lowest BCUT2D eigenvalue weighted by atomic mass is 10.2. The van der Waals surface area contributed by atoms with Crippen molar-refractivity contribution in [3.05, 3.63) is 17.5 Å². The van der Waals surface area contributed by atoms with Crippen molar-refractivity contribution >= 4 is 0 Å². The first-order valence-electron chi connectivity index (χ1n) is 5.38. The average molecular weight is 211 g/mol. The van der Waals surface area contributed by atoms with E-state index in [0.717, 1.165) is 25.3 Å². The Bertz CT molecular complexity index is 296. The molecule has 1 heterocycles. The van der Waals surface area contributed by atoms with Crippen LogP contribution in [0.5, 0.6) is 0 Å². The molecule has 1 aromatic rings. The number of methoxy groups -OCH3 is 1. The lowest BCUT2D eigenvalue weighted by Gasteiger charge is -2.15. The van der Waals surface area contributed by atoms with Crippen LogP contribution in [0.25, 0.3) is 0 Å². The Morgan fingerprint density at radius 3 is 2.80 bits per heavy atom. The van der Waals surface area contributed by atoms with Crippen LogP contribution in [0.1, 0.15) is 24.6 Å². The van der Waals surface area contributed by atoms with Crippen molar-refractivity contribution in [2.45, 2.75) is 32.9 Å². The third kappa shape index (κ3) is 3.64. The van der Waals surface area contributed by atoms with Crippen molar-refractivity contribution in [3.8, 4) is 0 Å². The monoisotopic (exact) mass is 211 g/mol. The Hall–Kier alpha value is -0.870. The molecule has 0 aliphatic heterocycles. The smallest absolute Gasteiger partial charge is 0.0638 e. The first-order chi connectivity index (χ1) is 7.17. The molecule has 1 aromatic heterocycles. The second-order valence-corrected chi connectivity index (χ2v) is 3.85. The Morgan fingerprint density at radius 2 is 2.33 bits per heavy atom. The van der Waals surface area contributed by atoms with E-state index in [4.69, 9.17) is 4.74 Å². The summed E-state index contributed by atoms with van der Waals surface area (Å²) in [5.41, 5.74) is 2.35. The molecular weight excluding hydrogens is 190 g/mol. The SMILES string of the molecule is CCC(COC)NCc1cn(C)nc1C. The van der Waals surface area contributed by atoms with Crippen molar-refractivity contribution in [2.75, 3.05) is 13.7 Å². The number of ether oxygens (including phenoxy) is 1. The number of nitrogens with zero attached hydrogens (tertiary/aromatic N) is 2. The fourth-order valence-corrected chi connectivity index (χ4v) is 1.60. The minimum atomic E-state index is 0.426. The van der Waals surface area contributed by atoms with Gasteiger partial charge in [-0.15, -0.1) is 0 Å². The third-order valence-corrected chi connectivity index (χ3v) is 2.56. The molecule has 0 saturated carbocycles. The summed E-state index contributed by atoms with van der Waals surface area (Å²) in [6.45, 7) is 5.82. The highest BCUT2D eigenvalue weighted by Crippen LogP contribution is 2.05. The number of aromatic nitrogens is 2. The number of hydrogen-bond acceptors (Lipinski definition) is 3. The molecule has 0 radical (unpaired) electrons. The maximum Gasteiger partial charge on any atom is 0.0638 e. The molecule has 0 saturated heterocycles. The molecule has 0 amide bonds. The molecular formula is C11H21N3O. The largest absolute Gasteiger partial charge is 0.383 e. The summed E-state index contributed by atoms with van der Waals surface area (Å²) in [6, 6.07) is 0.426. The van der Waals surface area contributed by atoms with E-state index in [-0.39, 0.29) is 0 Å². The highest BCUT2D eigenvalue weighted by Gasteiger charge is 2.07. The van der Waals surface area contributed by atoms with Gasteiger partial charge in [-0.2, -0.15) is 5.10 Å². The first-order valence-corrected chi connectivity index (χ1v) is 5.38. The van der Waals surface area contributed by atoms with Crippen molar-refractivity contribution in [1.82, 2.24) is 15.1 Å². The zero-order chi connectivity index (χ0) is 11.3. The number of aryl methyl sites for hydroxylation is 2. The van der Waals surface area contributed by atoms with E-state index in [1.54, 1.807) is 7.11 Å². The van der Waals surface area contributed by atoms with Crippen LogP contribution in [0.2, 0.25) is 0 Å². The van der Waals surface area contributed by atoms with Gasteiger partial charge in [-0.05, 0) is 13.3 Å². The van der Waals surface area contributed by atoms with Gasteiger partial charge < -0.3 is 10.1 Å². The van der Waals surface area contributed by atoms with E-state index >= 15 is 0 Å². The molecule has 1 atom stereocenters. The zero-order valence-corrected chi connectivity index (χ0v) is 10.1. The Morgan fingerprint density at radius 1 is 1.60 bits per heavy atom. The summed E-state index contributed by atoms with van der Waals surface area (Å²) in [5.74, 6) is 0.